The molecular formula is C25H21N3O2. The molecule has 2 aromatic heterocycles. The Morgan fingerprint density at radius 3 is 2.33 bits per heavy atom. The van der Waals surface area contributed by atoms with Gasteiger partial charge in [0.1, 0.15) is 11.5 Å². The number of hydrogen-bond acceptors (Lipinski definition) is 4. The predicted molar refractivity (Wildman–Crippen MR) is 122 cm³/mol. The van der Waals surface area contributed by atoms with Crippen molar-refractivity contribution in [3.8, 4) is 5.69 Å². The molecule has 5 nitrogen and oxygen atoms in total. The lowest BCUT2D eigenvalue weighted by Gasteiger charge is -2.18. The van der Waals surface area contributed by atoms with Gasteiger partial charge in [0.15, 0.2) is 11.2 Å². The third-order valence-electron chi connectivity index (χ3n) is 4.78. The molecular weight excluding hydrogens is 374 g/mol. The average molecular weight is 395 g/mol. The first-order chi connectivity index (χ1) is 14.5. The van der Waals surface area contributed by atoms with Gasteiger partial charge in [0.25, 0.3) is 0 Å². The van der Waals surface area contributed by atoms with Gasteiger partial charge in [-0.1, -0.05) is 36.4 Å². The number of rotatable bonds is 5. The highest BCUT2D eigenvalue weighted by Crippen LogP contribution is 2.25. The second kappa shape index (κ2) is 8.17. The minimum absolute atomic E-state index is 0.0568. The number of fused-ring (bicyclic) bond motifs is 1. The van der Waals surface area contributed by atoms with E-state index in [0.29, 0.717) is 16.9 Å². The van der Waals surface area contributed by atoms with Gasteiger partial charge < -0.3 is 5.32 Å². The van der Waals surface area contributed by atoms with Gasteiger partial charge in [-0.2, -0.15) is 0 Å². The van der Waals surface area contributed by atoms with Gasteiger partial charge >= 0.3 is 0 Å². The Morgan fingerprint density at radius 2 is 1.67 bits per heavy atom. The van der Waals surface area contributed by atoms with E-state index in [1.165, 1.54) is 13.0 Å². The molecule has 0 bridgehead atoms. The summed E-state index contributed by atoms with van der Waals surface area (Å²) in [7, 11) is 0. The SMILES string of the molecule is CC(=O)/C=C/c1cc2c(=O)cc(Nc3ccccc3)n(-c3ccccc3)c2nc1C. The van der Waals surface area contributed by atoms with Crippen molar-refractivity contribution in [2.75, 3.05) is 5.32 Å². The van der Waals surface area contributed by atoms with Crippen molar-refractivity contribution in [2.45, 2.75) is 13.8 Å². The van der Waals surface area contributed by atoms with Crippen LogP contribution in [0, 0.1) is 6.92 Å². The van der Waals surface area contributed by atoms with E-state index in [1.54, 1.807) is 18.2 Å². The molecule has 5 heteroatoms. The number of pyridine rings is 2. The Kier molecular flexibility index (Phi) is 5.26. The van der Waals surface area contributed by atoms with Gasteiger partial charge in [-0.05, 0) is 61.9 Å². The summed E-state index contributed by atoms with van der Waals surface area (Å²) in [6.07, 6.45) is 3.18. The highest BCUT2D eigenvalue weighted by atomic mass is 16.1. The first-order valence-corrected chi connectivity index (χ1v) is 9.66. The molecule has 0 amide bonds. The largest absolute Gasteiger partial charge is 0.341 e. The number of ketones is 1. The second-order valence-electron chi connectivity index (χ2n) is 7.03. The van der Waals surface area contributed by atoms with Crippen LogP contribution in [0.3, 0.4) is 0 Å². The molecule has 4 rings (SSSR count). The molecule has 0 spiro atoms. The molecule has 2 heterocycles. The third-order valence-corrected chi connectivity index (χ3v) is 4.78. The lowest BCUT2D eigenvalue weighted by Crippen LogP contribution is -2.14. The topological polar surface area (TPSA) is 64.0 Å². The summed E-state index contributed by atoms with van der Waals surface area (Å²) in [5, 5.41) is 3.83. The molecule has 148 valence electrons. The average Bonchev–Trinajstić information content (AvgIpc) is 2.74. The molecule has 2 aromatic carbocycles. The van der Waals surface area contributed by atoms with Crippen LogP contribution in [0.25, 0.3) is 22.8 Å². The standard InChI is InChI=1S/C25H21N3O2/c1-17(29)13-14-19-15-22-23(30)16-24(27-20-9-5-3-6-10-20)28(25(22)26-18(19)2)21-11-7-4-8-12-21/h3-16,27H,1-2H3/b14-13+. The molecule has 0 atom stereocenters. The van der Waals surface area contributed by atoms with Gasteiger partial charge in [-0.25, -0.2) is 4.98 Å². The Bertz CT molecular complexity index is 1310. The van der Waals surface area contributed by atoms with Crippen LogP contribution >= 0.6 is 0 Å². The molecule has 0 aliphatic rings. The number of aromatic nitrogens is 2. The van der Waals surface area contributed by atoms with Crippen LogP contribution in [0.2, 0.25) is 0 Å². The van der Waals surface area contributed by atoms with Crippen LogP contribution in [-0.4, -0.2) is 15.3 Å². The quantitative estimate of drug-likeness (QED) is 0.481. The number of nitrogens with zero attached hydrogens (tertiary/aromatic N) is 2. The number of allylic oxidation sites excluding steroid dienone is 1. The van der Waals surface area contributed by atoms with E-state index in [0.717, 1.165) is 22.6 Å². The van der Waals surface area contributed by atoms with Crippen molar-refractivity contribution < 1.29 is 4.79 Å². The van der Waals surface area contributed by atoms with Crippen LogP contribution in [0.1, 0.15) is 18.2 Å². The second-order valence-corrected chi connectivity index (χ2v) is 7.03. The minimum Gasteiger partial charge on any atom is -0.341 e. The Morgan fingerprint density at radius 1 is 1.00 bits per heavy atom. The first-order valence-electron chi connectivity index (χ1n) is 9.66. The molecule has 0 aliphatic carbocycles. The molecule has 0 saturated carbocycles. The maximum atomic E-state index is 13.0. The maximum Gasteiger partial charge on any atom is 0.193 e. The normalized spacial score (nSPS) is 11.1. The van der Waals surface area contributed by atoms with Crippen molar-refractivity contribution in [3.63, 3.8) is 0 Å². The van der Waals surface area contributed by atoms with Crippen LogP contribution in [0.15, 0.2) is 83.7 Å². The smallest absolute Gasteiger partial charge is 0.193 e. The van der Waals surface area contributed by atoms with Crippen LogP contribution in [0.5, 0.6) is 0 Å². The Labute approximate surface area is 174 Å². The Balaban J connectivity index is 1.99. The number of anilines is 2. The first kappa shape index (κ1) is 19.3. The molecule has 0 radical (unpaired) electrons. The van der Waals surface area contributed by atoms with E-state index in [4.69, 9.17) is 4.98 Å². The summed E-state index contributed by atoms with van der Waals surface area (Å²) in [5.41, 5.74) is 3.67. The van der Waals surface area contributed by atoms with E-state index in [9.17, 15) is 9.59 Å². The van der Waals surface area contributed by atoms with Gasteiger partial charge in [-0.15, -0.1) is 0 Å². The number of aryl methyl sites for hydroxylation is 1. The molecule has 0 fully saturated rings. The van der Waals surface area contributed by atoms with E-state index >= 15 is 0 Å². The lowest BCUT2D eigenvalue weighted by atomic mass is 10.1. The number of hydrogen-bond donors (Lipinski definition) is 1. The van der Waals surface area contributed by atoms with E-state index in [2.05, 4.69) is 5.32 Å². The van der Waals surface area contributed by atoms with Crippen molar-refractivity contribution >= 4 is 34.4 Å². The van der Waals surface area contributed by atoms with Crippen molar-refractivity contribution in [1.82, 2.24) is 9.55 Å². The molecule has 0 aliphatic heterocycles. The highest BCUT2D eigenvalue weighted by molar-refractivity contribution is 5.92. The maximum absolute atomic E-state index is 13.0. The molecule has 0 unspecified atom stereocenters. The zero-order valence-corrected chi connectivity index (χ0v) is 16.8. The summed E-state index contributed by atoms with van der Waals surface area (Å²) < 4.78 is 1.94. The lowest BCUT2D eigenvalue weighted by molar-refractivity contribution is -0.112. The predicted octanol–water partition coefficient (Wildman–Crippen LogP) is 5.04. The summed E-state index contributed by atoms with van der Waals surface area (Å²) in [4.78, 5) is 29.1. The minimum atomic E-state index is -0.138. The summed E-state index contributed by atoms with van der Waals surface area (Å²) in [5.74, 6) is 0.572. The van der Waals surface area contributed by atoms with Gasteiger partial charge in [0.2, 0.25) is 0 Å². The molecule has 1 N–H and O–H groups in total. The van der Waals surface area contributed by atoms with E-state index in [-0.39, 0.29) is 11.2 Å². The third kappa shape index (κ3) is 3.91. The number of carbonyl (C=O) groups is 1. The number of carbonyl (C=O) groups excluding carboxylic acids is 1. The fourth-order valence-corrected chi connectivity index (χ4v) is 3.32. The molecule has 4 aromatic rings. The van der Waals surface area contributed by atoms with Crippen molar-refractivity contribution in [1.29, 1.82) is 0 Å². The summed E-state index contributed by atoms with van der Waals surface area (Å²) >= 11 is 0. The van der Waals surface area contributed by atoms with Gasteiger partial charge in [-0.3, -0.25) is 14.2 Å². The van der Waals surface area contributed by atoms with Gasteiger partial charge in [0.05, 0.1) is 5.39 Å². The fourth-order valence-electron chi connectivity index (χ4n) is 3.32. The zero-order chi connectivity index (χ0) is 21.1. The fraction of sp³-hybridized carbons (Fsp3) is 0.0800. The van der Waals surface area contributed by atoms with Crippen molar-refractivity contribution in [2.24, 2.45) is 0 Å². The Hall–Kier alpha value is -3.99. The monoisotopic (exact) mass is 395 g/mol. The van der Waals surface area contributed by atoms with Crippen LogP contribution in [-0.2, 0) is 4.79 Å². The number of nitrogens with one attached hydrogen (secondary N) is 1. The van der Waals surface area contributed by atoms with Crippen LogP contribution < -0.4 is 10.7 Å². The number of para-hydroxylation sites is 2. The van der Waals surface area contributed by atoms with Crippen molar-refractivity contribution in [3.05, 3.63) is 100 Å². The number of benzene rings is 2. The summed E-state index contributed by atoms with van der Waals surface area (Å²) in [6, 6.07) is 22.9. The summed E-state index contributed by atoms with van der Waals surface area (Å²) in [6.45, 7) is 3.36. The van der Waals surface area contributed by atoms with E-state index < -0.39 is 0 Å². The zero-order valence-electron chi connectivity index (χ0n) is 16.8. The molecule has 0 saturated heterocycles. The van der Waals surface area contributed by atoms with Gasteiger partial charge in [0, 0.05) is 23.1 Å². The van der Waals surface area contributed by atoms with Crippen LogP contribution in [0.4, 0.5) is 11.5 Å². The van der Waals surface area contributed by atoms with E-state index in [1.807, 2.05) is 72.2 Å². The highest BCUT2D eigenvalue weighted by Gasteiger charge is 2.14. The molecule has 30 heavy (non-hydrogen) atoms.